The van der Waals surface area contributed by atoms with E-state index in [1.807, 2.05) is 7.05 Å². The van der Waals surface area contributed by atoms with Crippen LogP contribution in [0.3, 0.4) is 0 Å². The monoisotopic (exact) mass is 275 g/mol. The van der Waals surface area contributed by atoms with Crippen LogP contribution in [0.5, 0.6) is 5.75 Å². The summed E-state index contributed by atoms with van der Waals surface area (Å²) in [6, 6.07) is 6.42. The molecule has 5 heteroatoms. The Hall–Kier alpha value is -1.23. The topological polar surface area (TPSA) is 21.3 Å². The maximum absolute atomic E-state index is 12.0. The molecule has 0 amide bonds. The molecule has 0 spiro atoms. The van der Waals surface area contributed by atoms with Gasteiger partial charge in [-0.1, -0.05) is 31.9 Å². The molecular formula is C14H20F3NO. The highest BCUT2D eigenvalue weighted by Crippen LogP contribution is 2.23. The second kappa shape index (κ2) is 7.38. The van der Waals surface area contributed by atoms with Crippen molar-refractivity contribution in [3.63, 3.8) is 0 Å². The number of ether oxygens (including phenoxy) is 1. The second-order valence-electron chi connectivity index (χ2n) is 4.52. The highest BCUT2D eigenvalue weighted by molar-refractivity contribution is 5.27. The molecule has 1 rings (SSSR count). The quantitative estimate of drug-likeness (QED) is 0.814. The van der Waals surface area contributed by atoms with Gasteiger partial charge >= 0.3 is 6.36 Å². The summed E-state index contributed by atoms with van der Waals surface area (Å²) >= 11 is 0. The summed E-state index contributed by atoms with van der Waals surface area (Å²) in [5.74, 6) is -0.175. The van der Waals surface area contributed by atoms with Crippen molar-refractivity contribution in [1.29, 1.82) is 0 Å². The molecule has 2 nitrogen and oxygen atoms in total. The molecule has 0 saturated carbocycles. The van der Waals surface area contributed by atoms with E-state index in [-0.39, 0.29) is 5.75 Å². The van der Waals surface area contributed by atoms with Gasteiger partial charge in [0.25, 0.3) is 0 Å². The fourth-order valence-corrected chi connectivity index (χ4v) is 1.91. The van der Waals surface area contributed by atoms with E-state index >= 15 is 0 Å². The predicted molar refractivity (Wildman–Crippen MR) is 69.2 cm³/mol. The Morgan fingerprint density at radius 1 is 1.21 bits per heavy atom. The first-order valence-electron chi connectivity index (χ1n) is 6.46. The molecule has 108 valence electrons. The van der Waals surface area contributed by atoms with E-state index in [4.69, 9.17) is 0 Å². The van der Waals surface area contributed by atoms with Crippen molar-refractivity contribution in [2.75, 3.05) is 7.05 Å². The van der Waals surface area contributed by atoms with Gasteiger partial charge in [0, 0.05) is 6.04 Å². The number of halogens is 3. The summed E-state index contributed by atoms with van der Waals surface area (Å²) < 4.78 is 39.9. The lowest BCUT2D eigenvalue weighted by atomic mass is 10.0. The molecule has 0 aliphatic rings. The minimum atomic E-state index is -4.63. The first kappa shape index (κ1) is 15.8. The zero-order chi connectivity index (χ0) is 14.3. The van der Waals surface area contributed by atoms with Crippen LogP contribution in [0.15, 0.2) is 24.3 Å². The average Bonchev–Trinajstić information content (AvgIpc) is 2.34. The molecule has 1 N–H and O–H groups in total. The van der Waals surface area contributed by atoms with E-state index in [2.05, 4.69) is 17.0 Å². The molecule has 0 saturated heterocycles. The van der Waals surface area contributed by atoms with Crippen LogP contribution in [0.4, 0.5) is 13.2 Å². The van der Waals surface area contributed by atoms with E-state index in [0.717, 1.165) is 31.2 Å². The lowest BCUT2D eigenvalue weighted by Crippen LogP contribution is -2.27. The van der Waals surface area contributed by atoms with Crippen molar-refractivity contribution in [1.82, 2.24) is 5.32 Å². The van der Waals surface area contributed by atoms with E-state index in [1.54, 1.807) is 12.1 Å². The Morgan fingerprint density at radius 2 is 1.84 bits per heavy atom. The molecule has 1 unspecified atom stereocenters. The van der Waals surface area contributed by atoms with Gasteiger partial charge in [-0.05, 0) is 37.6 Å². The number of hydrogen-bond acceptors (Lipinski definition) is 2. The Labute approximate surface area is 112 Å². The predicted octanol–water partition coefficient (Wildman–Crippen LogP) is 3.91. The molecule has 0 aliphatic carbocycles. The molecule has 0 radical (unpaired) electrons. The molecule has 0 fully saturated rings. The van der Waals surface area contributed by atoms with E-state index in [1.165, 1.54) is 12.1 Å². The standard InChI is InChI=1S/C14H20F3NO/c1-3-4-5-12(18-2)10-11-6-8-13(9-7-11)19-14(15,16)17/h6-9,12,18H,3-5,10H2,1-2H3. The van der Waals surface area contributed by atoms with Gasteiger partial charge in [-0.25, -0.2) is 0 Å². The van der Waals surface area contributed by atoms with Crippen molar-refractivity contribution in [3.05, 3.63) is 29.8 Å². The van der Waals surface area contributed by atoms with E-state index in [0.29, 0.717) is 6.04 Å². The van der Waals surface area contributed by atoms with Crippen LogP contribution in [-0.2, 0) is 6.42 Å². The molecular weight excluding hydrogens is 255 g/mol. The summed E-state index contributed by atoms with van der Waals surface area (Å²) in [4.78, 5) is 0. The third kappa shape index (κ3) is 6.47. The van der Waals surface area contributed by atoms with Gasteiger partial charge in [-0.3, -0.25) is 0 Å². The number of nitrogens with one attached hydrogen (secondary N) is 1. The van der Waals surface area contributed by atoms with E-state index in [9.17, 15) is 13.2 Å². The SMILES string of the molecule is CCCCC(Cc1ccc(OC(F)(F)F)cc1)NC. The first-order chi connectivity index (χ1) is 8.94. The van der Waals surface area contributed by atoms with Crippen LogP contribution < -0.4 is 10.1 Å². The molecule has 0 aliphatic heterocycles. The van der Waals surface area contributed by atoms with Crippen LogP contribution >= 0.6 is 0 Å². The number of rotatable bonds is 7. The van der Waals surface area contributed by atoms with Gasteiger partial charge in [0.15, 0.2) is 0 Å². The first-order valence-corrected chi connectivity index (χ1v) is 6.46. The highest BCUT2D eigenvalue weighted by Gasteiger charge is 2.30. The van der Waals surface area contributed by atoms with Crippen LogP contribution in [0.1, 0.15) is 31.7 Å². The average molecular weight is 275 g/mol. The van der Waals surface area contributed by atoms with Crippen LogP contribution in [-0.4, -0.2) is 19.5 Å². The third-order valence-electron chi connectivity index (χ3n) is 2.95. The van der Waals surface area contributed by atoms with Crippen molar-refractivity contribution in [2.45, 2.75) is 45.0 Å². The van der Waals surface area contributed by atoms with Crippen molar-refractivity contribution >= 4 is 0 Å². The normalized spacial score (nSPS) is 13.3. The Kier molecular flexibility index (Phi) is 6.15. The van der Waals surface area contributed by atoms with Gasteiger partial charge < -0.3 is 10.1 Å². The van der Waals surface area contributed by atoms with Crippen molar-refractivity contribution in [3.8, 4) is 5.75 Å². The lowest BCUT2D eigenvalue weighted by molar-refractivity contribution is -0.274. The summed E-state index contributed by atoms with van der Waals surface area (Å²) in [6.45, 7) is 2.13. The summed E-state index contributed by atoms with van der Waals surface area (Å²) in [7, 11) is 1.90. The van der Waals surface area contributed by atoms with Crippen LogP contribution in [0, 0.1) is 0 Å². The highest BCUT2D eigenvalue weighted by atomic mass is 19.4. The lowest BCUT2D eigenvalue weighted by Gasteiger charge is -2.16. The van der Waals surface area contributed by atoms with Crippen LogP contribution in [0.25, 0.3) is 0 Å². The Balaban J connectivity index is 2.55. The second-order valence-corrected chi connectivity index (χ2v) is 4.52. The van der Waals surface area contributed by atoms with Gasteiger partial charge in [-0.15, -0.1) is 13.2 Å². The molecule has 0 bridgehead atoms. The van der Waals surface area contributed by atoms with Gasteiger partial charge in [0.2, 0.25) is 0 Å². The number of benzene rings is 1. The van der Waals surface area contributed by atoms with Gasteiger partial charge in [0.05, 0.1) is 0 Å². The molecule has 1 atom stereocenters. The zero-order valence-corrected chi connectivity index (χ0v) is 11.3. The molecule has 1 aromatic rings. The van der Waals surface area contributed by atoms with Crippen molar-refractivity contribution < 1.29 is 17.9 Å². The fourth-order valence-electron chi connectivity index (χ4n) is 1.91. The minimum absolute atomic E-state index is 0.175. The van der Waals surface area contributed by atoms with Crippen molar-refractivity contribution in [2.24, 2.45) is 0 Å². The molecule has 0 aromatic heterocycles. The molecule has 0 heterocycles. The fraction of sp³-hybridized carbons (Fsp3) is 0.571. The smallest absolute Gasteiger partial charge is 0.406 e. The number of alkyl halides is 3. The van der Waals surface area contributed by atoms with E-state index < -0.39 is 6.36 Å². The summed E-state index contributed by atoms with van der Waals surface area (Å²) in [5, 5.41) is 3.23. The zero-order valence-electron chi connectivity index (χ0n) is 11.3. The largest absolute Gasteiger partial charge is 0.573 e. The molecule has 1 aromatic carbocycles. The Bertz CT molecular complexity index is 362. The molecule has 19 heavy (non-hydrogen) atoms. The summed E-state index contributed by atoms with van der Waals surface area (Å²) in [5.41, 5.74) is 1.00. The summed E-state index contributed by atoms with van der Waals surface area (Å²) in [6.07, 6.45) is -0.482. The van der Waals surface area contributed by atoms with Gasteiger partial charge in [0.1, 0.15) is 5.75 Å². The number of likely N-dealkylation sites (N-methyl/N-ethyl adjacent to an activating group) is 1. The van der Waals surface area contributed by atoms with Gasteiger partial charge in [-0.2, -0.15) is 0 Å². The Morgan fingerprint density at radius 3 is 2.32 bits per heavy atom. The van der Waals surface area contributed by atoms with Crippen LogP contribution in [0.2, 0.25) is 0 Å². The number of hydrogen-bond donors (Lipinski definition) is 1. The maximum Gasteiger partial charge on any atom is 0.573 e. The third-order valence-corrected chi connectivity index (χ3v) is 2.95. The minimum Gasteiger partial charge on any atom is -0.406 e. The number of unbranched alkanes of at least 4 members (excludes halogenated alkanes) is 1. The maximum atomic E-state index is 12.0.